The van der Waals surface area contributed by atoms with E-state index in [-0.39, 0.29) is 0 Å². The molecule has 0 aromatic heterocycles. The smallest absolute Gasteiger partial charge is 0.0826 e. The van der Waals surface area contributed by atoms with Crippen molar-refractivity contribution in [3.05, 3.63) is 0 Å². The molecule has 138 valence electrons. The molecule has 1 N–H and O–H groups in total. The first-order valence-electron chi connectivity index (χ1n) is 9.06. The molecule has 0 amide bonds. The van der Waals surface area contributed by atoms with Gasteiger partial charge in [-0.05, 0) is 24.5 Å². The van der Waals surface area contributed by atoms with Crippen LogP contribution in [0.15, 0.2) is 0 Å². The van der Waals surface area contributed by atoms with Gasteiger partial charge in [0.15, 0.2) is 0 Å². The lowest BCUT2D eigenvalue weighted by Crippen LogP contribution is -2.48. The second-order valence-corrected chi connectivity index (χ2v) is 9.05. The van der Waals surface area contributed by atoms with E-state index in [1.807, 2.05) is 11.8 Å². The summed E-state index contributed by atoms with van der Waals surface area (Å²) >= 11 is 1.90. The van der Waals surface area contributed by atoms with Gasteiger partial charge in [0, 0.05) is 44.6 Å². The Morgan fingerprint density at radius 1 is 1.35 bits per heavy atom. The Hall–Kier alpha value is 0.190. The highest BCUT2D eigenvalue weighted by molar-refractivity contribution is 7.99. The monoisotopic (exact) mass is 346 g/mol. The molecule has 1 aliphatic rings. The molecule has 0 spiro atoms. The molecule has 1 heterocycles. The molecule has 1 rings (SSSR count). The summed E-state index contributed by atoms with van der Waals surface area (Å²) in [5, 5.41) is 4.18. The molecular formula is C18H38N2O2S. The third-order valence-electron chi connectivity index (χ3n) is 4.20. The molecule has 5 heteroatoms. The van der Waals surface area contributed by atoms with E-state index in [4.69, 9.17) is 9.47 Å². The molecule has 0 aliphatic carbocycles. The predicted octanol–water partition coefficient (Wildman–Crippen LogP) is 2.87. The lowest BCUT2D eigenvalue weighted by molar-refractivity contribution is -0.0350. The Bertz CT molecular complexity index is 297. The number of nitrogens with zero attached hydrogens (tertiary/aromatic N) is 1. The number of thioether (sulfide) groups is 1. The highest BCUT2D eigenvalue weighted by atomic mass is 32.2. The molecule has 1 fully saturated rings. The third kappa shape index (κ3) is 11.4. The van der Waals surface area contributed by atoms with Crippen molar-refractivity contribution in [3.8, 4) is 0 Å². The molecule has 0 bridgehead atoms. The van der Waals surface area contributed by atoms with Crippen molar-refractivity contribution in [2.75, 3.05) is 58.8 Å². The van der Waals surface area contributed by atoms with Crippen molar-refractivity contribution in [2.45, 2.75) is 51.9 Å². The van der Waals surface area contributed by atoms with Crippen LogP contribution in [0.2, 0.25) is 0 Å². The Kier molecular flexibility index (Phi) is 10.8. The van der Waals surface area contributed by atoms with Crippen LogP contribution in [0.5, 0.6) is 0 Å². The van der Waals surface area contributed by atoms with Crippen molar-refractivity contribution in [1.82, 2.24) is 10.2 Å². The van der Waals surface area contributed by atoms with E-state index in [2.05, 4.69) is 44.2 Å². The van der Waals surface area contributed by atoms with Gasteiger partial charge in [-0.25, -0.2) is 0 Å². The molecule has 1 saturated heterocycles. The van der Waals surface area contributed by atoms with Gasteiger partial charge >= 0.3 is 0 Å². The molecular weight excluding hydrogens is 308 g/mol. The van der Waals surface area contributed by atoms with Gasteiger partial charge < -0.3 is 14.8 Å². The Balaban J connectivity index is 2.04. The van der Waals surface area contributed by atoms with Gasteiger partial charge in [-0.15, -0.1) is 0 Å². The van der Waals surface area contributed by atoms with Crippen LogP contribution >= 0.6 is 11.8 Å². The standard InChI is InChI=1S/C18H38N2O2S/c1-16(23-5)13-19-14-17-15-20(9-12-22-17)8-11-21-10-6-7-18(2,3)4/h16-17,19H,6-15H2,1-5H3/t16?,17-/m1/s1. The van der Waals surface area contributed by atoms with Gasteiger partial charge in [0.25, 0.3) is 0 Å². The van der Waals surface area contributed by atoms with Crippen molar-refractivity contribution in [2.24, 2.45) is 5.41 Å². The number of ether oxygens (including phenoxy) is 2. The molecule has 0 radical (unpaired) electrons. The second kappa shape index (κ2) is 11.7. The van der Waals surface area contributed by atoms with Gasteiger partial charge in [0.2, 0.25) is 0 Å². The average molecular weight is 347 g/mol. The van der Waals surface area contributed by atoms with Gasteiger partial charge in [-0.3, -0.25) is 4.90 Å². The lowest BCUT2D eigenvalue weighted by atomic mass is 9.91. The number of morpholine rings is 1. The van der Waals surface area contributed by atoms with Gasteiger partial charge in [-0.1, -0.05) is 27.7 Å². The Morgan fingerprint density at radius 3 is 2.83 bits per heavy atom. The molecule has 1 aliphatic heterocycles. The molecule has 4 nitrogen and oxygen atoms in total. The van der Waals surface area contributed by atoms with Crippen LogP contribution in [0.3, 0.4) is 0 Å². The quantitative estimate of drug-likeness (QED) is 0.582. The van der Waals surface area contributed by atoms with E-state index < -0.39 is 0 Å². The fourth-order valence-corrected chi connectivity index (χ4v) is 2.92. The number of hydrogen-bond acceptors (Lipinski definition) is 5. The molecule has 2 atom stereocenters. The topological polar surface area (TPSA) is 33.7 Å². The van der Waals surface area contributed by atoms with Gasteiger partial charge in [0.05, 0.1) is 19.3 Å². The zero-order valence-corrected chi connectivity index (χ0v) is 16.7. The van der Waals surface area contributed by atoms with Crippen LogP contribution in [-0.4, -0.2) is 75.1 Å². The van der Waals surface area contributed by atoms with Crippen molar-refractivity contribution in [1.29, 1.82) is 0 Å². The van der Waals surface area contributed by atoms with Crippen LogP contribution in [0.1, 0.15) is 40.5 Å². The predicted molar refractivity (Wildman–Crippen MR) is 102 cm³/mol. The largest absolute Gasteiger partial charge is 0.380 e. The minimum absolute atomic E-state index is 0.318. The van der Waals surface area contributed by atoms with Crippen LogP contribution in [0.4, 0.5) is 0 Å². The van der Waals surface area contributed by atoms with E-state index in [1.54, 1.807) is 0 Å². The summed E-state index contributed by atoms with van der Waals surface area (Å²) in [6, 6.07) is 0. The van der Waals surface area contributed by atoms with Crippen molar-refractivity contribution < 1.29 is 9.47 Å². The lowest BCUT2D eigenvalue weighted by Gasteiger charge is -2.33. The van der Waals surface area contributed by atoms with Crippen LogP contribution in [-0.2, 0) is 9.47 Å². The van der Waals surface area contributed by atoms with E-state index in [0.29, 0.717) is 16.8 Å². The summed E-state index contributed by atoms with van der Waals surface area (Å²) in [6.45, 7) is 16.8. The van der Waals surface area contributed by atoms with Crippen LogP contribution in [0.25, 0.3) is 0 Å². The summed E-state index contributed by atoms with van der Waals surface area (Å²) in [6.07, 6.45) is 4.87. The fourth-order valence-electron chi connectivity index (χ4n) is 2.64. The van der Waals surface area contributed by atoms with Crippen molar-refractivity contribution in [3.63, 3.8) is 0 Å². The molecule has 1 unspecified atom stereocenters. The first kappa shape index (κ1) is 21.2. The minimum atomic E-state index is 0.318. The zero-order valence-electron chi connectivity index (χ0n) is 15.9. The number of nitrogens with one attached hydrogen (secondary N) is 1. The Morgan fingerprint density at radius 2 is 2.13 bits per heavy atom. The summed E-state index contributed by atoms with van der Waals surface area (Å²) < 4.78 is 11.6. The highest BCUT2D eigenvalue weighted by Gasteiger charge is 2.20. The fraction of sp³-hybridized carbons (Fsp3) is 1.00. The summed E-state index contributed by atoms with van der Waals surface area (Å²) in [4.78, 5) is 2.47. The van der Waals surface area contributed by atoms with Gasteiger partial charge in [-0.2, -0.15) is 11.8 Å². The van der Waals surface area contributed by atoms with E-state index in [0.717, 1.165) is 59.0 Å². The zero-order chi connectivity index (χ0) is 17.1. The Labute approximate surface area is 148 Å². The van der Waals surface area contributed by atoms with Crippen LogP contribution < -0.4 is 5.32 Å². The third-order valence-corrected chi connectivity index (χ3v) is 5.17. The van der Waals surface area contributed by atoms with E-state index >= 15 is 0 Å². The van der Waals surface area contributed by atoms with E-state index in [1.165, 1.54) is 6.42 Å². The minimum Gasteiger partial charge on any atom is -0.380 e. The molecule has 0 aromatic rings. The summed E-state index contributed by atoms with van der Waals surface area (Å²) in [7, 11) is 0. The highest BCUT2D eigenvalue weighted by Crippen LogP contribution is 2.20. The maximum Gasteiger partial charge on any atom is 0.0826 e. The van der Waals surface area contributed by atoms with Crippen LogP contribution in [0, 0.1) is 5.41 Å². The SMILES string of the molecule is CSC(C)CNC[C@@H]1CN(CCOCCCC(C)(C)C)CCO1. The molecule has 23 heavy (non-hydrogen) atoms. The first-order chi connectivity index (χ1) is 10.9. The number of hydrogen-bond donors (Lipinski definition) is 1. The summed E-state index contributed by atoms with van der Waals surface area (Å²) in [5.74, 6) is 0. The summed E-state index contributed by atoms with van der Waals surface area (Å²) in [5.41, 5.74) is 0.418. The van der Waals surface area contributed by atoms with E-state index in [9.17, 15) is 0 Å². The normalized spacial score (nSPS) is 21.5. The van der Waals surface area contributed by atoms with Crippen molar-refractivity contribution >= 4 is 11.8 Å². The molecule has 0 aromatic carbocycles. The number of rotatable bonds is 11. The molecule has 0 saturated carbocycles. The second-order valence-electron chi connectivity index (χ2n) is 7.77. The van der Waals surface area contributed by atoms with Gasteiger partial charge in [0.1, 0.15) is 0 Å². The first-order valence-corrected chi connectivity index (χ1v) is 10.3. The maximum atomic E-state index is 5.85. The maximum absolute atomic E-state index is 5.85. The average Bonchev–Trinajstić information content (AvgIpc) is 2.50.